The summed E-state index contributed by atoms with van der Waals surface area (Å²) in [5, 5.41) is 38.5. The van der Waals surface area contributed by atoms with Gasteiger partial charge in [-0.25, -0.2) is 0 Å². The number of amides is 1. The van der Waals surface area contributed by atoms with Crippen molar-refractivity contribution in [3.8, 4) is 11.5 Å². The van der Waals surface area contributed by atoms with Gasteiger partial charge in [0.15, 0.2) is 11.5 Å². The molecule has 7 nitrogen and oxygen atoms in total. The van der Waals surface area contributed by atoms with Crippen molar-refractivity contribution >= 4 is 5.91 Å². The van der Waals surface area contributed by atoms with E-state index in [0.29, 0.717) is 5.56 Å². The fourth-order valence-corrected chi connectivity index (χ4v) is 1.50. The third kappa shape index (κ3) is 4.40. The molecule has 0 heterocycles. The Bertz CT molecular complexity index is 434. The van der Waals surface area contributed by atoms with Crippen LogP contribution in [0.15, 0.2) is 18.2 Å². The monoisotopic (exact) mass is 270 g/mol. The molecule has 1 amide bonds. The molecule has 7 heteroatoms. The summed E-state index contributed by atoms with van der Waals surface area (Å²) in [7, 11) is 0. The van der Waals surface area contributed by atoms with Crippen LogP contribution in [0.2, 0.25) is 0 Å². The lowest BCUT2D eigenvalue weighted by Crippen LogP contribution is -2.48. The van der Waals surface area contributed by atoms with E-state index < -0.39 is 18.0 Å². The van der Waals surface area contributed by atoms with Crippen molar-refractivity contribution in [3.05, 3.63) is 23.8 Å². The van der Waals surface area contributed by atoms with Crippen LogP contribution in [0.3, 0.4) is 0 Å². The highest BCUT2D eigenvalue weighted by Gasteiger charge is 2.18. The molecular weight excluding hydrogens is 252 g/mol. The van der Waals surface area contributed by atoms with Gasteiger partial charge in [0.25, 0.3) is 0 Å². The summed E-state index contributed by atoms with van der Waals surface area (Å²) in [6.45, 7) is -0.760. The van der Waals surface area contributed by atoms with E-state index in [0.717, 1.165) is 0 Å². The van der Waals surface area contributed by atoms with E-state index in [1.165, 1.54) is 18.2 Å². The van der Waals surface area contributed by atoms with Gasteiger partial charge in [0.1, 0.15) is 0 Å². The number of aliphatic hydroxyl groups excluding tert-OH is 2. The first-order valence-electron chi connectivity index (χ1n) is 5.76. The number of phenolic OH excluding ortho intramolecular Hbond substituents is 2. The Morgan fingerprint density at radius 2 is 1.84 bits per heavy atom. The largest absolute Gasteiger partial charge is 0.504 e. The van der Waals surface area contributed by atoms with Crippen molar-refractivity contribution in [1.82, 2.24) is 5.32 Å². The normalized spacial score (nSPS) is 12.4. The van der Waals surface area contributed by atoms with Crippen LogP contribution in [0.1, 0.15) is 5.56 Å². The number of hydrogen-bond acceptors (Lipinski definition) is 6. The molecule has 19 heavy (non-hydrogen) atoms. The fraction of sp³-hybridized carbons (Fsp3) is 0.417. The smallest absolute Gasteiger partial charge is 0.237 e. The van der Waals surface area contributed by atoms with Gasteiger partial charge >= 0.3 is 0 Å². The number of nitrogens with one attached hydrogen (secondary N) is 1. The van der Waals surface area contributed by atoms with E-state index in [9.17, 15) is 9.90 Å². The second-order valence-electron chi connectivity index (χ2n) is 4.20. The highest BCUT2D eigenvalue weighted by molar-refractivity contribution is 5.82. The second-order valence-corrected chi connectivity index (χ2v) is 4.20. The molecule has 7 N–H and O–H groups in total. The molecule has 0 saturated carbocycles. The molecule has 1 aromatic carbocycles. The molecule has 0 saturated heterocycles. The highest BCUT2D eigenvalue weighted by atomic mass is 16.3. The predicted molar refractivity (Wildman–Crippen MR) is 67.6 cm³/mol. The van der Waals surface area contributed by atoms with E-state index in [-0.39, 0.29) is 31.1 Å². The average Bonchev–Trinajstić information content (AvgIpc) is 2.39. The first-order valence-corrected chi connectivity index (χ1v) is 5.76. The van der Waals surface area contributed by atoms with E-state index in [1.807, 2.05) is 0 Å². The number of nitrogens with two attached hydrogens (primary N) is 1. The molecule has 0 fully saturated rings. The first-order chi connectivity index (χ1) is 8.97. The van der Waals surface area contributed by atoms with Gasteiger partial charge in [0, 0.05) is 0 Å². The number of carbonyl (C=O) groups is 1. The minimum atomic E-state index is -0.885. The summed E-state index contributed by atoms with van der Waals surface area (Å²) in [6.07, 6.45) is 0.156. The number of aromatic hydroxyl groups is 2. The Balaban J connectivity index is 2.60. The van der Waals surface area contributed by atoms with Crippen molar-refractivity contribution < 1.29 is 25.2 Å². The molecule has 0 spiro atoms. The topological polar surface area (TPSA) is 136 Å². The summed E-state index contributed by atoms with van der Waals surface area (Å²) in [5.41, 5.74) is 6.26. The summed E-state index contributed by atoms with van der Waals surface area (Å²) in [5.74, 6) is -1.04. The SMILES string of the molecule is N[C@@H](Cc1ccc(O)c(O)c1)C(=O)NC(CO)CO. The van der Waals surface area contributed by atoms with Gasteiger partial charge in [-0.15, -0.1) is 0 Å². The first kappa shape index (κ1) is 15.2. The summed E-state index contributed by atoms with van der Waals surface area (Å²) in [6, 6.07) is 2.53. The molecule has 0 aromatic heterocycles. The number of benzene rings is 1. The van der Waals surface area contributed by atoms with Crippen LogP contribution in [-0.4, -0.2) is 51.6 Å². The highest BCUT2D eigenvalue weighted by Crippen LogP contribution is 2.25. The van der Waals surface area contributed by atoms with Crippen LogP contribution in [0.5, 0.6) is 11.5 Å². The van der Waals surface area contributed by atoms with Gasteiger partial charge in [-0.3, -0.25) is 4.79 Å². The second kappa shape index (κ2) is 6.93. The Morgan fingerprint density at radius 3 is 2.37 bits per heavy atom. The predicted octanol–water partition coefficient (Wildman–Crippen LogP) is -1.56. The zero-order valence-electron chi connectivity index (χ0n) is 10.3. The molecule has 0 bridgehead atoms. The summed E-state index contributed by atoms with van der Waals surface area (Å²) < 4.78 is 0. The summed E-state index contributed by atoms with van der Waals surface area (Å²) >= 11 is 0. The maximum atomic E-state index is 11.7. The van der Waals surface area contributed by atoms with Gasteiger partial charge in [-0.05, 0) is 24.1 Å². The number of phenols is 2. The van der Waals surface area contributed by atoms with Crippen LogP contribution in [0.4, 0.5) is 0 Å². The molecule has 106 valence electrons. The van der Waals surface area contributed by atoms with E-state index in [4.69, 9.17) is 21.1 Å². The van der Waals surface area contributed by atoms with Crippen LogP contribution in [-0.2, 0) is 11.2 Å². The minimum Gasteiger partial charge on any atom is -0.504 e. The third-order valence-corrected chi connectivity index (χ3v) is 2.62. The average molecular weight is 270 g/mol. The van der Waals surface area contributed by atoms with Crippen LogP contribution < -0.4 is 11.1 Å². The zero-order chi connectivity index (χ0) is 14.4. The number of carbonyl (C=O) groups excluding carboxylic acids is 1. The van der Waals surface area contributed by atoms with Crippen molar-refractivity contribution in [3.63, 3.8) is 0 Å². The van der Waals surface area contributed by atoms with Gasteiger partial charge in [0.2, 0.25) is 5.91 Å². The Hall–Kier alpha value is -1.83. The van der Waals surface area contributed by atoms with Crippen LogP contribution >= 0.6 is 0 Å². The molecule has 0 aliphatic rings. The van der Waals surface area contributed by atoms with Gasteiger partial charge in [-0.1, -0.05) is 6.07 Å². The van der Waals surface area contributed by atoms with E-state index >= 15 is 0 Å². The van der Waals surface area contributed by atoms with E-state index in [2.05, 4.69) is 5.32 Å². The lowest BCUT2D eigenvalue weighted by molar-refractivity contribution is -0.123. The van der Waals surface area contributed by atoms with Gasteiger partial charge < -0.3 is 31.5 Å². The fourth-order valence-electron chi connectivity index (χ4n) is 1.50. The van der Waals surface area contributed by atoms with Crippen molar-refractivity contribution in [2.75, 3.05) is 13.2 Å². The number of rotatable bonds is 6. The molecular formula is C12H18N2O5. The minimum absolute atomic E-state index is 0.156. The maximum absolute atomic E-state index is 11.7. The Morgan fingerprint density at radius 1 is 1.21 bits per heavy atom. The molecule has 0 aliphatic carbocycles. The molecule has 1 atom stereocenters. The number of hydrogen-bond donors (Lipinski definition) is 6. The van der Waals surface area contributed by atoms with Gasteiger partial charge in [0.05, 0.1) is 25.3 Å². The molecule has 0 unspecified atom stereocenters. The van der Waals surface area contributed by atoms with Crippen molar-refractivity contribution in [2.24, 2.45) is 5.73 Å². The molecule has 0 radical (unpaired) electrons. The zero-order valence-corrected chi connectivity index (χ0v) is 10.3. The lowest BCUT2D eigenvalue weighted by atomic mass is 10.1. The van der Waals surface area contributed by atoms with Crippen LogP contribution in [0, 0.1) is 0 Å². The molecule has 1 aromatic rings. The lowest BCUT2D eigenvalue weighted by Gasteiger charge is -2.17. The van der Waals surface area contributed by atoms with Crippen LogP contribution in [0.25, 0.3) is 0 Å². The van der Waals surface area contributed by atoms with Gasteiger partial charge in [-0.2, -0.15) is 0 Å². The van der Waals surface area contributed by atoms with Crippen molar-refractivity contribution in [2.45, 2.75) is 18.5 Å². The third-order valence-electron chi connectivity index (χ3n) is 2.62. The van der Waals surface area contributed by atoms with Crippen molar-refractivity contribution in [1.29, 1.82) is 0 Å². The number of aliphatic hydroxyl groups is 2. The standard InChI is InChI=1S/C12H18N2O5/c13-9(12(19)14-8(5-15)6-16)3-7-1-2-10(17)11(18)4-7/h1-2,4,8-9,15-18H,3,5-6,13H2,(H,14,19)/t9-/m0/s1. The summed E-state index contributed by atoms with van der Waals surface area (Å²) in [4.78, 5) is 11.7. The maximum Gasteiger partial charge on any atom is 0.237 e. The molecule has 1 rings (SSSR count). The Kier molecular flexibility index (Phi) is 5.56. The Labute approximate surface area is 110 Å². The quantitative estimate of drug-likeness (QED) is 0.346. The molecule has 0 aliphatic heterocycles. The van der Waals surface area contributed by atoms with E-state index in [1.54, 1.807) is 0 Å².